The Balaban J connectivity index is 1.87. The number of thiophene rings is 1. The van der Waals surface area contributed by atoms with Crippen molar-refractivity contribution >= 4 is 37.3 Å². The Morgan fingerprint density at radius 1 is 1.59 bits per heavy atom. The topological polar surface area (TPSA) is 58.2 Å². The van der Waals surface area contributed by atoms with Crippen LogP contribution < -0.4 is 10.0 Å². The third-order valence-corrected chi connectivity index (χ3v) is 6.97. The molecule has 0 amide bonds. The van der Waals surface area contributed by atoms with Crippen LogP contribution in [0.4, 0.5) is 0 Å². The first-order chi connectivity index (χ1) is 8.09. The molecule has 4 nitrogen and oxygen atoms in total. The molecule has 0 bridgehead atoms. The second kappa shape index (κ2) is 5.79. The molecule has 0 aliphatic carbocycles. The highest BCUT2D eigenvalue weighted by atomic mass is 79.9. The SMILES string of the molecule is O=S(=O)(NCCC1CCNC1)c1sccc1Br. The van der Waals surface area contributed by atoms with Gasteiger partial charge < -0.3 is 5.32 Å². The first-order valence-electron chi connectivity index (χ1n) is 5.53. The fraction of sp³-hybridized carbons (Fsp3) is 0.600. The Labute approximate surface area is 114 Å². The van der Waals surface area contributed by atoms with Crippen molar-refractivity contribution in [2.75, 3.05) is 19.6 Å². The van der Waals surface area contributed by atoms with Gasteiger partial charge in [0.25, 0.3) is 10.0 Å². The van der Waals surface area contributed by atoms with Crippen molar-refractivity contribution in [2.24, 2.45) is 5.92 Å². The van der Waals surface area contributed by atoms with Crippen LogP contribution in [0.2, 0.25) is 0 Å². The van der Waals surface area contributed by atoms with Crippen molar-refractivity contribution in [3.05, 3.63) is 15.9 Å². The van der Waals surface area contributed by atoms with Crippen LogP contribution >= 0.6 is 27.3 Å². The van der Waals surface area contributed by atoms with E-state index in [1.807, 2.05) is 0 Å². The maximum atomic E-state index is 11.9. The molecule has 2 heterocycles. The third-order valence-electron chi connectivity index (χ3n) is 2.84. The highest BCUT2D eigenvalue weighted by Crippen LogP contribution is 2.27. The maximum absolute atomic E-state index is 11.9. The summed E-state index contributed by atoms with van der Waals surface area (Å²) >= 11 is 4.47. The molecule has 1 aliphatic heterocycles. The fourth-order valence-corrected chi connectivity index (χ4v) is 5.32. The quantitative estimate of drug-likeness (QED) is 0.860. The molecule has 1 aliphatic rings. The molecule has 1 fully saturated rings. The zero-order chi connectivity index (χ0) is 12.3. The van der Waals surface area contributed by atoms with Crippen molar-refractivity contribution in [3.63, 3.8) is 0 Å². The lowest BCUT2D eigenvalue weighted by molar-refractivity contribution is 0.519. The van der Waals surface area contributed by atoms with Crippen LogP contribution in [-0.2, 0) is 10.0 Å². The van der Waals surface area contributed by atoms with Gasteiger partial charge in [0.1, 0.15) is 4.21 Å². The zero-order valence-corrected chi connectivity index (χ0v) is 12.5. The lowest BCUT2D eigenvalue weighted by Gasteiger charge is -2.09. The van der Waals surface area contributed by atoms with Gasteiger partial charge in [-0.3, -0.25) is 0 Å². The average molecular weight is 339 g/mol. The lowest BCUT2D eigenvalue weighted by Crippen LogP contribution is -2.26. The van der Waals surface area contributed by atoms with E-state index in [1.54, 1.807) is 11.4 Å². The van der Waals surface area contributed by atoms with Crippen molar-refractivity contribution in [1.29, 1.82) is 0 Å². The molecule has 7 heteroatoms. The van der Waals surface area contributed by atoms with Gasteiger partial charge in [-0.25, -0.2) is 13.1 Å². The summed E-state index contributed by atoms with van der Waals surface area (Å²) in [6.07, 6.45) is 2.04. The Morgan fingerprint density at radius 3 is 3.00 bits per heavy atom. The Kier molecular flexibility index (Phi) is 4.59. The summed E-state index contributed by atoms with van der Waals surface area (Å²) in [5, 5.41) is 5.04. The molecule has 2 rings (SSSR count). The monoisotopic (exact) mass is 338 g/mol. The first kappa shape index (κ1) is 13.5. The number of hydrogen-bond acceptors (Lipinski definition) is 4. The van der Waals surface area contributed by atoms with Gasteiger partial charge in [0, 0.05) is 11.0 Å². The minimum absolute atomic E-state index is 0.363. The van der Waals surface area contributed by atoms with Gasteiger partial charge in [-0.15, -0.1) is 11.3 Å². The van der Waals surface area contributed by atoms with Crippen LogP contribution in [0.25, 0.3) is 0 Å². The first-order valence-corrected chi connectivity index (χ1v) is 8.68. The van der Waals surface area contributed by atoms with Crippen LogP contribution in [0.1, 0.15) is 12.8 Å². The second-order valence-electron chi connectivity index (χ2n) is 4.10. The highest BCUT2D eigenvalue weighted by Gasteiger charge is 2.20. The average Bonchev–Trinajstić information content (AvgIpc) is 2.88. The summed E-state index contributed by atoms with van der Waals surface area (Å²) in [6.45, 7) is 2.57. The highest BCUT2D eigenvalue weighted by molar-refractivity contribution is 9.10. The van der Waals surface area contributed by atoms with E-state index in [-0.39, 0.29) is 0 Å². The van der Waals surface area contributed by atoms with Gasteiger partial charge >= 0.3 is 0 Å². The minimum Gasteiger partial charge on any atom is -0.316 e. The van der Waals surface area contributed by atoms with Crippen molar-refractivity contribution < 1.29 is 8.42 Å². The smallest absolute Gasteiger partial charge is 0.251 e. The summed E-state index contributed by atoms with van der Waals surface area (Å²) in [5.74, 6) is 0.601. The Morgan fingerprint density at radius 2 is 2.41 bits per heavy atom. The molecular formula is C10H15BrN2O2S2. The molecule has 17 heavy (non-hydrogen) atoms. The molecule has 1 aromatic heterocycles. The van der Waals surface area contributed by atoms with Crippen LogP contribution in [0, 0.1) is 5.92 Å². The number of nitrogens with one attached hydrogen (secondary N) is 2. The summed E-state index contributed by atoms with van der Waals surface area (Å²) in [5.41, 5.74) is 0. The molecule has 0 radical (unpaired) electrons. The summed E-state index contributed by atoms with van der Waals surface area (Å²) < 4.78 is 27.5. The molecule has 0 aromatic carbocycles. The molecular weight excluding hydrogens is 324 g/mol. The van der Waals surface area contributed by atoms with E-state index < -0.39 is 10.0 Å². The van der Waals surface area contributed by atoms with Gasteiger partial charge in [0.15, 0.2) is 0 Å². The fourth-order valence-electron chi connectivity index (χ4n) is 1.90. The molecule has 0 spiro atoms. The normalized spacial score (nSPS) is 20.9. The molecule has 96 valence electrons. The van der Waals surface area contributed by atoms with Gasteiger partial charge in [-0.1, -0.05) is 0 Å². The molecule has 0 saturated carbocycles. The third kappa shape index (κ3) is 3.51. The molecule has 1 unspecified atom stereocenters. The molecule has 1 saturated heterocycles. The minimum atomic E-state index is -3.34. The number of rotatable bonds is 5. The van der Waals surface area contributed by atoms with Gasteiger partial charge in [0.2, 0.25) is 0 Å². The van der Waals surface area contributed by atoms with Crippen LogP contribution in [0.3, 0.4) is 0 Å². The number of hydrogen-bond donors (Lipinski definition) is 2. The summed E-state index contributed by atoms with van der Waals surface area (Å²) in [4.78, 5) is 0. The maximum Gasteiger partial charge on any atom is 0.251 e. The van der Waals surface area contributed by atoms with Crippen molar-refractivity contribution in [2.45, 2.75) is 17.1 Å². The Bertz CT molecular complexity index is 466. The predicted molar refractivity (Wildman–Crippen MR) is 72.8 cm³/mol. The van der Waals surface area contributed by atoms with E-state index in [9.17, 15) is 8.42 Å². The van der Waals surface area contributed by atoms with E-state index in [0.29, 0.717) is 21.1 Å². The molecule has 1 aromatic rings. The van der Waals surface area contributed by atoms with E-state index in [1.165, 1.54) is 11.3 Å². The summed E-state index contributed by atoms with van der Waals surface area (Å²) in [7, 11) is -3.34. The van der Waals surface area contributed by atoms with Crippen LogP contribution in [0.5, 0.6) is 0 Å². The van der Waals surface area contributed by atoms with E-state index in [2.05, 4.69) is 26.0 Å². The van der Waals surface area contributed by atoms with E-state index in [0.717, 1.165) is 25.9 Å². The van der Waals surface area contributed by atoms with Crippen molar-refractivity contribution in [1.82, 2.24) is 10.0 Å². The van der Waals surface area contributed by atoms with Gasteiger partial charge in [0.05, 0.1) is 0 Å². The van der Waals surface area contributed by atoms with Crippen LogP contribution in [0.15, 0.2) is 20.1 Å². The van der Waals surface area contributed by atoms with Gasteiger partial charge in [-0.05, 0) is 59.2 Å². The molecule has 2 N–H and O–H groups in total. The second-order valence-corrected chi connectivity index (χ2v) is 7.83. The van der Waals surface area contributed by atoms with E-state index in [4.69, 9.17) is 0 Å². The molecule has 1 atom stereocenters. The van der Waals surface area contributed by atoms with E-state index >= 15 is 0 Å². The van der Waals surface area contributed by atoms with Crippen LogP contribution in [-0.4, -0.2) is 28.1 Å². The largest absolute Gasteiger partial charge is 0.316 e. The Hall–Kier alpha value is 0.0500. The standard InChI is InChI=1S/C10H15BrN2O2S2/c11-9-3-6-16-10(9)17(14,15)13-5-2-8-1-4-12-7-8/h3,6,8,12-13H,1-2,4-5,7H2. The lowest BCUT2D eigenvalue weighted by atomic mass is 10.1. The van der Waals surface area contributed by atoms with Gasteiger partial charge in [-0.2, -0.15) is 0 Å². The predicted octanol–water partition coefficient (Wildman–Crippen LogP) is 1.79. The summed E-state index contributed by atoms with van der Waals surface area (Å²) in [6, 6.07) is 1.75. The zero-order valence-electron chi connectivity index (χ0n) is 9.28. The van der Waals surface area contributed by atoms with Crippen molar-refractivity contribution in [3.8, 4) is 0 Å². The number of halogens is 1. The number of sulfonamides is 1.